The number of aliphatic hydroxyl groups excluding tert-OH is 1. The van der Waals surface area contributed by atoms with Gasteiger partial charge in [0.2, 0.25) is 5.91 Å². The van der Waals surface area contributed by atoms with Gasteiger partial charge in [0.15, 0.2) is 0 Å². The number of allylic oxidation sites excluding steroid dienone is 6. The van der Waals surface area contributed by atoms with Gasteiger partial charge in [-0.15, -0.1) is 0 Å². The minimum Gasteiger partial charge on any atom is -0.391 e. The van der Waals surface area contributed by atoms with Gasteiger partial charge in [0.1, 0.15) is 13.2 Å². The second kappa shape index (κ2) is 25.2. The molecule has 3 N–H and O–H groups in total. The monoisotopic (exact) mass is 601 g/mol. The van der Waals surface area contributed by atoms with Gasteiger partial charge in [0, 0.05) is 6.42 Å². The fourth-order valence-electron chi connectivity index (χ4n) is 4.06. The standard InChI is InChI=1S/C32H61N2O6P/c1-6-8-10-12-13-14-15-16-17-18-19-20-21-22-24-26-32(36)33-30(31(35)25-23-11-9-7-2)29-40-41(37,38)39-28-27-34(3,4)5/h8,10,13-14,16-17,30-31,35H,6-7,9,11-12,15,18-29H2,1-5H3,(H-,33,36,37,38)/p+1/b10-8-,14-13-,17-16-. The van der Waals surface area contributed by atoms with Crippen LogP contribution in [0, 0.1) is 0 Å². The van der Waals surface area contributed by atoms with E-state index < -0.39 is 20.0 Å². The van der Waals surface area contributed by atoms with Crippen molar-refractivity contribution in [3.8, 4) is 0 Å². The molecule has 0 heterocycles. The lowest BCUT2D eigenvalue weighted by molar-refractivity contribution is -0.870. The molecule has 3 atom stereocenters. The molecule has 41 heavy (non-hydrogen) atoms. The predicted molar refractivity (Wildman–Crippen MR) is 171 cm³/mol. The number of rotatable bonds is 27. The quantitative estimate of drug-likeness (QED) is 0.0397. The van der Waals surface area contributed by atoms with Crippen LogP contribution in [0.4, 0.5) is 0 Å². The number of nitrogens with one attached hydrogen (secondary N) is 1. The Labute approximate surface area is 251 Å². The SMILES string of the molecule is CC/C=C\C/C=C\C/C=C\CCCCCCCC(=O)NC(COP(=O)(O)OCC[N+](C)(C)C)C(O)CCCCCC. The molecule has 0 aliphatic heterocycles. The second-order valence-electron chi connectivity index (χ2n) is 11.8. The highest BCUT2D eigenvalue weighted by Crippen LogP contribution is 2.43. The van der Waals surface area contributed by atoms with Crippen LogP contribution in [0.2, 0.25) is 0 Å². The number of nitrogens with zero attached hydrogens (tertiary/aromatic N) is 1. The van der Waals surface area contributed by atoms with Crippen LogP contribution in [0.5, 0.6) is 0 Å². The Bertz CT molecular complexity index is 779. The van der Waals surface area contributed by atoms with E-state index in [-0.39, 0.29) is 19.1 Å². The maximum atomic E-state index is 12.6. The van der Waals surface area contributed by atoms with Gasteiger partial charge in [-0.2, -0.15) is 0 Å². The van der Waals surface area contributed by atoms with E-state index in [1.807, 2.05) is 21.1 Å². The number of unbranched alkanes of at least 4 members (excludes halogenated alkanes) is 8. The molecular weight excluding hydrogens is 539 g/mol. The van der Waals surface area contributed by atoms with Crippen LogP contribution in [0.25, 0.3) is 0 Å². The molecule has 8 nitrogen and oxygen atoms in total. The molecule has 0 aromatic heterocycles. The molecule has 9 heteroatoms. The number of aliphatic hydroxyl groups is 1. The molecule has 0 aliphatic carbocycles. The minimum atomic E-state index is -4.29. The molecule has 0 saturated heterocycles. The molecule has 1 amide bonds. The van der Waals surface area contributed by atoms with E-state index in [1.54, 1.807) is 0 Å². The number of amides is 1. The van der Waals surface area contributed by atoms with Crippen LogP contribution in [-0.4, -0.2) is 73.4 Å². The van der Waals surface area contributed by atoms with Crippen molar-refractivity contribution in [2.75, 3.05) is 40.9 Å². The molecule has 0 rings (SSSR count). The summed E-state index contributed by atoms with van der Waals surface area (Å²) in [4.78, 5) is 22.7. The number of phosphoric ester groups is 1. The first-order chi connectivity index (χ1) is 19.5. The normalized spacial score (nSPS) is 15.6. The maximum absolute atomic E-state index is 12.6. The van der Waals surface area contributed by atoms with Crippen LogP contribution in [0.15, 0.2) is 36.5 Å². The zero-order chi connectivity index (χ0) is 30.8. The Kier molecular flexibility index (Phi) is 24.5. The number of hydrogen-bond acceptors (Lipinski definition) is 5. The Balaban J connectivity index is 4.38. The molecule has 0 fully saturated rings. The van der Waals surface area contributed by atoms with Crippen molar-refractivity contribution in [2.45, 2.75) is 122 Å². The molecule has 0 aromatic carbocycles. The van der Waals surface area contributed by atoms with Gasteiger partial charge in [-0.1, -0.05) is 95.2 Å². The lowest BCUT2D eigenvalue weighted by Crippen LogP contribution is -2.46. The van der Waals surface area contributed by atoms with E-state index in [4.69, 9.17) is 9.05 Å². The number of carbonyl (C=O) groups excluding carboxylic acids is 1. The van der Waals surface area contributed by atoms with Crippen molar-refractivity contribution >= 4 is 13.7 Å². The minimum absolute atomic E-state index is 0.0682. The van der Waals surface area contributed by atoms with Crippen LogP contribution < -0.4 is 5.32 Å². The summed E-state index contributed by atoms with van der Waals surface area (Å²) in [7, 11) is 1.58. The van der Waals surface area contributed by atoms with Gasteiger partial charge in [-0.25, -0.2) is 4.57 Å². The molecule has 0 bridgehead atoms. The largest absolute Gasteiger partial charge is 0.472 e. The molecule has 0 aromatic rings. The van der Waals surface area contributed by atoms with E-state index >= 15 is 0 Å². The topological polar surface area (TPSA) is 105 Å². The van der Waals surface area contributed by atoms with Crippen molar-refractivity contribution in [1.82, 2.24) is 5.32 Å². The van der Waals surface area contributed by atoms with Gasteiger partial charge in [0.05, 0.1) is 39.9 Å². The Morgan fingerprint density at radius 1 is 0.854 bits per heavy atom. The zero-order valence-electron chi connectivity index (χ0n) is 26.8. The summed E-state index contributed by atoms with van der Waals surface area (Å²) < 4.78 is 23.2. The predicted octanol–water partition coefficient (Wildman–Crippen LogP) is 7.23. The average Bonchev–Trinajstić information content (AvgIpc) is 2.90. The first-order valence-electron chi connectivity index (χ1n) is 15.9. The maximum Gasteiger partial charge on any atom is 0.472 e. The summed E-state index contributed by atoms with van der Waals surface area (Å²) in [6, 6.07) is -0.763. The Hall–Kier alpha value is -1.28. The van der Waals surface area contributed by atoms with Gasteiger partial charge in [-0.05, 0) is 44.9 Å². The van der Waals surface area contributed by atoms with Crippen LogP contribution in [0.1, 0.15) is 110 Å². The van der Waals surface area contributed by atoms with Gasteiger partial charge < -0.3 is 19.8 Å². The van der Waals surface area contributed by atoms with Crippen LogP contribution in [-0.2, 0) is 18.4 Å². The highest BCUT2D eigenvalue weighted by Gasteiger charge is 2.28. The summed E-state index contributed by atoms with van der Waals surface area (Å²) >= 11 is 0. The van der Waals surface area contributed by atoms with E-state index in [0.717, 1.165) is 83.5 Å². The van der Waals surface area contributed by atoms with Crippen molar-refractivity contribution in [3.05, 3.63) is 36.5 Å². The third-order valence-corrected chi connectivity index (χ3v) is 7.64. The average molecular weight is 602 g/mol. The molecule has 0 spiro atoms. The first kappa shape index (κ1) is 39.7. The van der Waals surface area contributed by atoms with Gasteiger partial charge >= 0.3 is 7.82 Å². The van der Waals surface area contributed by atoms with Crippen molar-refractivity contribution in [2.24, 2.45) is 0 Å². The Morgan fingerprint density at radius 3 is 2.12 bits per heavy atom. The van der Waals surface area contributed by atoms with Crippen molar-refractivity contribution < 1.29 is 32.9 Å². The third-order valence-electron chi connectivity index (χ3n) is 6.65. The summed E-state index contributed by atoms with van der Waals surface area (Å²) in [6.07, 6.45) is 26.5. The van der Waals surface area contributed by atoms with Crippen LogP contribution in [0.3, 0.4) is 0 Å². The fourth-order valence-corrected chi connectivity index (χ4v) is 4.79. The molecule has 240 valence electrons. The zero-order valence-corrected chi connectivity index (χ0v) is 27.7. The number of hydrogen-bond donors (Lipinski definition) is 3. The van der Waals surface area contributed by atoms with Crippen LogP contribution >= 0.6 is 7.82 Å². The highest BCUT2D eigenvalue weighted by atomic mass is 31.2. The number of carbonyl (C=O) groups is 1. The smallest absolute Gasteiger partial charge is 0.391 e. The van der Waals surface area contributed by atoms with E-state index in [2.05, 4.69) is 55.6 Å². The fraction of sp³-hybridized carbons (Fsp3) is 0.781. The number of quaternary nitrogens is 1. The second-order valence-corrected chi connectivity index (χ2v) is 13.3. The number of phosphoric acid groups is 1. The number of likely N-dealkylation sites (N-methyl/N-ethyl adjacent to an activating group) is 1. The summed E-state index contributed by atoms with van der Waals surface area (Å²) in [5.74, 6) is -0.175. The molecular formula is C32H62N2O6P+. The van der Waals surface area contributed by atoms with Gasteiger partial charge in [0.25, 0.3) is 0 Å². The lowest BCUT2D eigenvalue weighted by atomic mass is 10.0. The van der Waals surface area contributed by atoms with Gasteiger partial charge in [-0.3, -0.25) is 13.8 Å². The van der Waals surface area contributed by atoms with E-state index in [9.17, 15) is 19.4 Å². The van der Waals surface area contributed by atoms with E-state index in [0.29, 0.717) is 23.9 Å². The summed E-state index contributed by atoms with van der Waals surface area (Å²) in [5.41, 5.74) is 0. The van der Waals surface area contributed by atoms with Crippen molar-refractivity contribution in [1.29, 1.82) is 0 Å². The third kappa shape index (κ3) is 27.3. The molecule has 0 radical (unpaired) electrons. The molecule has 0 saturated carbocycles. The molecule has 0 aliphatic rings. The van der Waals surface area contributed by atoms with E-state index in [1.165, 1.54) is 0 Å². The Morgan fingerprint density at radius 2 is 1.46 bits per heavy atom. The van der Waals surface area contributed by atoms with Crippen molar-refractivity contribution in [3.63, 3.8) is 0 Å². The first-order valence-corrected chi connectivity index (χ1v) is 17.3. The molecule has 3 unspecified atom stereocenters. The lowest BCUT2D eigenvalue weighted by Gasteiger charge is -2.26. The summed E-state index contributed by atoms with van der Waals surface area (Å²) in [5, 5.41) is 13.6. The highest BCUT2D eigenvalue weighted by molar-refractivity contribution is 7.47. The summed E-state index contributed by atoms with van der Waals surface area (Å²) in [6.45, 7) is 4.59.